The van der Waals surface area contributed by atoms with Gasteiger partial charge in [-0.05, 0) is 60.5 Å². The second-order valence-corrected chi connectivity index (χ2v) is 4.93. The van der Waals surface area contributed by atoms with Crippen LogP contribution in [0.3, 0.4) is 0 Å². The molecule has 0 radical (unpaired) electrons. The number of hydrogen-bond donors (Lipinski definition) is 2. The molecule has 0 aromatic heterocycles. The smallest absolute Gasteiger partial charge is 0.406 e. The molecule has 2 N–H and O–H groups in total. The van der Waals surface area contributed by atoms with E-state index >= 15 is 0 Å². The topological polar surface area (TPSA) is 33.3 Å². The molecule has 2 rings (SSSR count). The van der Waals surface area contributed by atoms with Crippen LogP contribution in [0.15, 0.2) is 53.4 Å². The van der Waals surface area contributed by atoms with Crippen molar-refractivity contribution in [2.45, 2.75) is 25.1 Å². The summed E-state index contributed by atoms with van der Waals surface area (Å²) in [5.74, 6) is -0.231. The van der Waals surface area contributed by atoms with Gasteiger partial charge in [-0.3, -0.25) is 0 Å². The minimum absolute atomic E-state index is 0.231. The van der Waals surface area contributed by atoms with E-state index in [9.17, 15) is 13.2 Å². The van der Waals surface area contributed by atoms with Crippen LogP contribution < -0.4 is 14.8 Å². The zero-order valence-corrected chi connectivity index (χ0v) is 13.9. The van der Waals surface area contributed by atoms with Gasteiger partial charge in [-0.15, -0.1) is 13.2 Å². The highest BCUT2D eigenvalue weighted by atomic mass is 32.2. The summed E-state index contributed by atoms with van der Waals surface area (Å²) in [5.41, 5.74) is 1.90. The van der Waals surface area contributed by atoms with Crippen LogP contribution in [0.4, 0.5) is 24.5 Å². The molecule has 0 atom stereocenters. The number of anilines is 2. The molecule has 0 heterocycles. The third kappa shape index (κ3) is 7.19. The molecule has 3 nitrogen and oxygen atoms in total. The van der Waals surface area contributed by atoms with Crippen LogP contribution in [0, 0.1) is 0 Å². The minimum Gasteiger partial charge on any atom is -0.406 e. The van der Waals surface area contributed by atoms with E-state index in [0.717, 1.165) is 16.3 Å². The fraction of sp³-hybridized carbons (Fsp3) is 0.250. The first-order valence-corrected chi connectivity index (χ1v) is 7.84. The summed E-state index contributed by atoms with van der Waals surface area (Å²) in [4.78, 5) is 0.780. The molecule has 0 aliphatic carbocycles. The highest BCUT2D eigenvalue weighted by Crippen LogP contribution is 2.27. The van der Waals surface area contributed by atoms with E-state index in [0.29, 0.717) is 0 Å². The average molecular weight is 344 g/mol. The maximum atomic E-state index is 12.0. The standard InChI is InChI=1S/C14H13F3N2OS.C2H6/c1-18-10-2-4-11(5-3-10)19-21-13-8-6-12(7-9-13)20-14(15,16)17;1-2/h2-9,18-19H,1H3;1-2H3. The van der Waals surface area contributed by atoms with Crippen molar-refractivity contribution < 1.29 is 17.9 Å². The Kier molecular flexibility index (Phi) is 7.61. The third-order valence-corrected chi connectivity index (χ3v) is 3.36. The highest BCUT2D eigenvalue weighted by molar-refractivity contribution is 8.00. The van der Waals surface area contributed by atoms with Gasteiger partial charge in [-0.25, -0.2) is 0 Å². The second-order valence-electron chi connectivity index (χ2n) is 4.05. The molecule has 7 heteroatoms. The van der Waals surface area contributed by atoms with E-state index in [1.54, 1.807) is 12.1 Å². The molecule has 0 saturated carbocycles. The lowest BCUT2D eigenvalue weighted by Gasteiger charge is -2.10. The maximum absolute atomic E-state index is 12.0. The number of alkyl halides is 3. The summed E-state index contributed by atoms with van der Waals surface area (Å²) in [6.45, 7) is 4.00. The fourth-order valence-electron chi connectivity index (χ4n) is 1.53. The van der Waals surface area contributed by atoms with E-state index in [2.05, 4.69) is 14.8 Å². The Morgan fingerprint density at radius 3 is 1.87 bits per heavy atom. The van der Waals surface area contributed by atoms with Crippen LogP contribution in [-0.4, -0.2) is 13.4 Å². The zero-order chi connectivity index (χ0) is 17.3. The monoisotopic (exact) mass is 344 g/mol. The Labute approximate surface area is 138 Å². The van der Waals surface area contributed by atoms with Crippen molar-refractivity contribution in [3.63, 3.8) is 0 Å². The summed E-state index contributed by atoms with van der Waals surface area (Å²) in [6.07, 6.45) is -4.66. The largest absolute Gasteiger partial charge is 0.573 e. The number of benzene rings is 2. The van der Waals surface area contributed by atoms with Gasteiger partial charge in [-0.2, -0.15) is 0 Å². The van der Waals surface area contributed by atoms with Crippen LogP contribution >= 0.6 is 11.9 Å². The van der Waals surface area contributed by atoms with Crippen molar-refractivity contribution in [2.24, 2.45) is 0 Å². The molecular formula is C16H19F3N2OS. The molecule has 23 heavy (non-hydrogen) atoms. The van der Waals surface area contributed by atoms with E-state index in [1.807, 2.05) is 45.2 Å². The van der Waals surface area contributed by atoms with Gasteiger partial charge >= 0.3 is 6.36 Å². The lowest BCUT2D eigenvalue weighted by atomic mass is 10.3. The number of halogens is 3. The molecule has 0 saturated heterocycles. The Morgan fingerprint density at radius 2 is 1.39 bits per heavy atom. The van der Waals surface area contributed by atoms with Crippen molar-refractivity contribution in [3.8, 4) is 5.75 Å². The average Bonchev–Trinajstić information content (AvgIpc) is 2.55. The van der Waals surface area contributed by atoms with Crippen LogP contribution in [-0.2, 0) is 0 Å². The fourth-order valence-corrected chi connectivity index (χ4v) is 2.18. The Balaban J connectivity index is 0.00000127. The van der Waals surface area contributed by atoms with Gasteiger partial charge in [0, 0.05) is 23.3 Å². The van der Waals surface area contributed by atoms with E-state index < -0.39 is 6.36 Å². The van der Waals surface area contributed by atoms with Crippen molar-refractivity contribution in [1.29, 1.82) is 0 Å². The van der Waals surface area contributed by atoms with Crippen molar-refractivity contribution >= 4 is 23.3 Å². The summed E-state index contributed by atoms with van der Waals surface area (Å²) in [5, 5.41) is 3.01. The number of rotatable bonds is 5. The molecule has 126 valence electrons. The van der Waals surface area contributed by atoms with Crippen LogP contribution in [0.2, 0.25) is 0 Å². The van der Waals surface area contributed by atoms with Crippen LogP contribution in [0.5, 0.6) is 5.75 Å². The summed E-state index contributed by atoms with van der Waals surface area (Å²) < 4.78 is 43.0. The number of ether oxygens (including phenoxy) is 1. The Hall–Kier alpha value is -2.02. The van der Waals surface area contributed by atoms with Gasteiger partial charge in [0.05, 0.1) is 0 Å². The lowest BCUT2D eigenvalue weighted by molar-refractivity contribution is -0.274. The van der Waals surface area contributed by atoms with E-state index in [1.165, 1.54) is 24.1 Å². The first-order valence-electron chi connectivity index (χ1n) is 7.03. The first kappa shape index (κ1) is 19.0. The second kappa shape index (κ2) is 9.19. The SMILES string of the molecule is CC.CNc1ccc(NSc2ccc(OC(F)(F)F)cc2)cc1. The quantitative estimate of drug-likeness (QED) is 0.674. The van der Waals surface area contributed by atoms with Gasteiger partial charge in [0.2, 0.25) is 0 Å². The molecule has 0 spiro atoms. The Bertz CT molecular complexity index is 571. The maximum Gasteiger partial charge on any atom is 0.573 e. The highest BCUT2D eigenvalue weighted by Gasteiger charge is 2.30. The van der Waals surface area contributed by atoms with Crippen molar-refractivity contribution in [3.05, 3.63) is 48.5 Å². The van der Waals surface area contributed by atoms with Crippen molar-refractivity contribution in [1.82, 2.24) is 0 Å². The van der Waals surface area contributed by atoms with Gasteiger partial charge in [0.25, 0.3) is 0 Å². The molecule has 0 unspecified atom stereocenters. The summed E-state index contributed by atoms with van der Waals surface area (Å²) in [6, 6.07) is 13.3. The van der Waals surface area contributed by atoms with Crippen molar-refractivity contribution in [2.75, 3.05) is 17.1 Å². The van der Waals surface area contributed by atoms with Gasteiger partial charge < -0.3 is 14.8 Å². The molecule has 0 amide bonds. The minimum atomic E-state index is -4.66. The predicted molar refractivity (Wildman–Crippen MR) is 89.9 cm³/mol. The third-order valence-electron chi connectivity index (χ3n) is 2.52. The molecule has 0 fully saturated rings. The summed E-state index contributed by atoms with van der Waals surface area (Å²) in [7, 11) is 1.84. The zero-order valence-electron chi connectivity index (χ0n) is 13.1. The Morgan fingerprint density at radius 1 is 0.870 bits per heavy atom. The lowest BCUT2D eigenvalue weighted by Crippen LogP contribution is -2.16. The van der Waals surface area contributed by atoms with E-state index in [-0.39, 0.29) is 5.75 Å². The van der Waals surface area contributed by atoms with Gasteiger partial charge in [0.1, 0.15) is 5.75 Å². The molecule has 2 aromatic carbocycles. The normalized spacial score (nSPS) is 10.3. The first-order chi connectivity index (χ1) is 11.0. The molecule has 0 aliphatic rings. The number of nitrogens with one attached hydrogen (secondary N) is 2. The predicted octanol–water partition coefficient (Wildman–Crippen LogP) is 5.77. The van der Waals surface area contributed by atoms with E-state index in [4.69, 9.17) is 0 Å². The molecule has 2 aromatic rings. The number of hydrogen-bond acceptors (Lipinski definition) is 4. The van der Waals surface area contributed by atoms with Crippen LogP contribution in [0.1, 0.15) is 13.8 Å². The van der Waals surface area contributed by atoms with Gasteiger partial charge in [-0.1, -0.05) is 13.8 Å². The molecule has 0 bridgehead atoms. The summed E-state index contributed by atoms with van der Waals surface area (Å²) >= 11 is 1.31. The van der Waals surface area contributed by atoms with Gasteiger partial charge in [0.15, 0.2) is 0 Å². The molecular weight excluding hydrogens is 325 g/mol. The van der Waals surface area contributed by atoms with Crippen LogP contribution in [0.25, 0.3) is 0 Å². The molecule has 0 aliphatic heterocycles.